The number of hydroxylamine groups is 1. The van der Waals surface area contributed by atoms with Crippen LogP contribution in [-0.2, 0) is 14.4 Å². The Morgan fingerprint density at radius 2 is 2.15 bits per heavy atom. The minimum Gasteiger partial charge on any atom is -0.312 e. The number of carbonyl (C=O) groups is 2. The second kappa shape index (κ2) is 6.76. The number of nitrogens with one attached hydrogen (secondary N) is 1. The molecule has 0 aliphatic carbocycles. The minimum atomic E-state index is -0.353. The van der Waals surface area contributed by atoms with Crippen LogP contribution in [0, 0.1) is 5.92 Å². The number of carbonyl (C=O) groups excluding carboxylic acids is 2. The maximum Gasteiger partial charge on any atom is 0.248 e. The van der Waals surface area contributed by atoms with Crippen LogP contribution in [0.5, 0.6) is 0 Å². The van der Waals surface area contributed by atoms with Crippen molar-refractivity contribution in [1.29, 1.82) is 0 Å². The van der Waals surface area contributed by atoms with Crippen molar-refractivity contribution in [3.05, 3.63) is 24.3 Å². The molecule has 108 valence electrons. The van der Waals surface area contributed by atoms with Crippen LogP contribution in [0.3, 0.4) is 0 Å². The van der Waals surface area contributed by atoms with Crippen LogP contribution in [0.4, 0.5) is 5.69 Å². The Kier molecular flexibility index (Phi) is 5.03. The fourth-order valence-corrected chi connectivity index (χ4v) is 2.53. The van der Waals surface area contributed by atoms with Gasteiger partial charge in [-0.1, -0.05) is 0 Å². The lowest BCUT2D eigenvalue weighted by molar-refractivity contribution is -0.137. The molecule has 1 fully saturated rings. The first-order valence-corrected chi connectivity index (χ1v) is 7.74. The molecule has 1 aliphatic heterocycles. The zero-order chi connectivity index (χ0) is 14.5. The Bertz CT molecular complexity index is 490. The fraction of sp³-hybridized carbons (Fsp3) is 0.429. The summed E-state index contributed by atoms with van der Waals surface area (Å²) in [4.78, 5) is 31.5. The molecule has 1 unspecified atom stereocenters. The highest BCUT2D eigenvalue weighted by Crippen LogP contribution is 2.27. The van der Waals surface area contributed by atoms with Gasteiger partial charge in [-0.15, -0.1) is 11.8 Å². The van der Waals surface area contributed by atoms with Gasteiger partial charge in [0.25, 0.3) is 0 Å². The molecule has 2 amide bonds. The van der Waals surface area contributed by atoms with Crippen LogP contribution in [0.15, 0.2) is 29.2 Å². The van der Waals surface area contributed by atoms with E-state index in [1.807, 2.05) is 30.5 Å². The van der Waals surface area contributed by atoms with Gasteiger partial charge in [-0.2, -0.15) is 0 Å². The third kappa shape index (κ3) is 3.32. The lowest BCUT2D eigenvalue weighted by atomic mass is 10.1. The van der Waals surface area contributed by atoms with E-state index >= 15 is 0 Å². The number of anilines is 1. The van der Waals surface area contributed by atoms with Gasteiger partial charge < -0.3 is 4.90 Å². The van der Waals surface area contributed by atoms with E-state index in [1.54, 1.807) is 23.6 Å². The van der Waals surface area contributed by atoms with Crippen LogP contribution < -0.4 is 10.4 Å². The molecule has 1 atom stereocenters. The van der Waals surface area contributed by atoms with Gasteiger partial charge in [-0.25, -0.2) is 5.48 Å². The predicted octanol–water partition coefficient (Wildman–Crippen LogP) is 1.83. The van der Waals surface area contributed by atoms with Gasteiger partial charge in [0, 0.05) is 23.5 Å². The van der Waals surface area contributed by atoms with Crippen LogP contribution in [-0.4, -0.2) is 31.2 Å². The standard InChI is InChI=1S/C14H18N2O3S/c1-3-19-15-14(18)10-8-13(17)16(9-10)11-4-6-12(20-2)7-5-11/h4-7,10H,3,8-9H2,1-2H3,(H,15,18). The molecule has 5 nitrogen and oxygen atoms in total. The topological polar surface area (TPSA) is 58.6 Å². The highest BCUT2D eigenvalue weighted by Gasteiger charge is 2.35. The van der Waals surface area contributed by atoms with E-state index in [-0.39, 0.29) is 24.2 Å². The average Bonchev–Trinajstić information content (AvgIpc) is 2.87. The van der Waals surface area contributed by atoms with E-state index in [9.17, 15) is 9.59 Å². The molecule has 1 aromatic carbocycles. The molecule has 1 aromatic rings. The summed E-state index contributed by atoms with van der Waals surface area (Å²) in [6.45, 7) is 2.60. The van der Waals surface area contributed by atoms with Crippen molar-refractivity contribution in [1.82, 2.24) is 5.48 Å². The molecular formula is C14H18N2O3S. The SMILES string of the molecule is CCONC(=O)C1CC(=O)N(c2ccc(SC)cc2)C1. The number of hydrogen-bond donors (Lipinski definition) is 1. The summed E-state index contributed by atoms with van der Waals surface area (Å²) in [5.41, 5.74) is 3.20. The number of amides is 2. The smallest absolute Gasteiger partial charge is 0.248 e. The lowest BCUT2D eigenvalue weighted by Gasteiger charge is -2.17. The highest BCUT2D eigenvalue weighted by molar-refractivity contribution is 7.98. The Labute approximate surface area is 122 Å². The molecule has 2 rings (SSSR count). The number of thioether (sulfide) groups is 1. The molecule has 1 aliphatic rings. The van der Waals surface area contributed by atoms with Crippen molar-refractivity contribution in [2.45, 2.75) is 18.2 Å². The Hall–Kier alpha value is -1.53. The van der Waals surface area contributed by atoms with Gasteiger partial charge in [-0.3, -0.25) is 14.4 Å². The largest absolute Gasteiger partial charge is 0.312 e. The van der Waals surface area contributed by atoms with Crippen LogP contribution >= 0.6 is 11.8 Å². The van der Waals surface area contributed by atoms with Crippen molar-refractivity contribution in [3.63, 3.8) is 0 Å². The van der Waals surface area contributed by atoms with Gasteiger partial charge in [0.1, 0.15) is 0 Å². The van der Waals surface area contributed by atoms with Gasteiger partial charge in [-0.05, 0) is 37.4 Å². The summed E-state index contributed by atoms with van der Waals surface area (Å²) in [6.07, 6.45) is 2.23. The van der Waals surface area contributed by atoms with E-state index < -0.39 is 0 Å². The summed E-state index contributed by atoms with van der Waals surface area (Å²) < 4.78 is 0. The number of hydrogen-bond acceptors (Lipinski definition) is 4. The molecule has 0 bridgehead atoms. The van der Waals surface area contributed by atoms with Crippen molar-refractivity contribution in [3.8, 4) is 0 Å². The molecule has 6 heteroatoms. The zero-order valence-electron chi connectivity index (χ0n) is 11.6. The third-order valence-electron chi connectivity index (χ3n) is 3.20. The average molecular weight is 294 g/mol. The summed E-state index contributed by atoms with van der Waals surface area (Å²) >= 11 is 1.65. The Morgan fingerprint density at radius 1 is 1.45 bits per heavy atom. The van der Waals surface area contributed by atoms with Gasteiger partial charge in [0.15, 0.2) is 0 Å². The van der Waals surface area contributed by atoms with Crippen LogP contribution in [0.25, 0.3) is 0 Å². The quantitative estimate of drug-likeness (QED) is 0.665. The number of rotatable bonds is 5. The third-order valence-corrected chi connectivity index (χ3v) is 3.94. The van der Waals surface area contributed by atoms with E-state index in [0.29, 0.717) is 13.2 Å². The minimum absolute atomic E-state index is 0.0291. The fourth-order valence-electron chi connectivity index (χ4n) is 2.12. The van der Waals surface area contributed by atoms with Crippen LogP contribution in [0.2, 0.25) is 0 Å². The number of benzene rings is 1. The molecule has 20 heavy (non-hydrogen) atoms. The van der Waals surface area contributed by atoms with E-state index in [1.165, 1.54) is 0 Å². The maximum absolute atomic E-state index is 12.0. The first-order chi connectivity index (χ1) is 9.65. The molecule has 0 saturated carbocycles. The van der Waals surface area contributed by atoms with E-state index in [0.717, 1.165) is 10.6 Å². The van der Waals surface area contributed by atoms with Crippen molar-refractivity contribution >= 4 is 29.3 Å². The molecular weight excluding hydrogens is 276 g/mol. The summed E-state index contributed by atoms with van der Waals surface area (Å²) in [6, 6.07) is 7.76. The second-order valence-corrected chi connectivity index (χ2v) is 5.38. The number of nitrogens with zero attached hydrogens (tertiary/aromatic N) is 1. The molecule has 0 spiro atoms. The first-order valence-electron chi connectivity index (χ1n) is 6.51. The van der Waals surface area contributed by atoms with Crippen LogP contribution in [0.1, 0.15) is 13.3 Å². The predicted molar refractivity (Wildman–Crippen MR) is 78.5 cm³/mol. The summed E-state index contributed by atoms with van der Waals surface area (Å²) in [7, 11) is 0. The monoisotopic (exact) mass is 294 g/mol. The second-order valence-electron chi connectivity index (χ2n) is 4.50. The van der Waals surface area contributed by atoms with Crippen molar-refractivity contribution in [2.75, 3.05) is 24.3 Å². The van der Waals surface area contributed by atoms with Crippen molar-refractivity contribution in [2.24, 2.45) is 5.92 Å². The van der Waals surface area contributed by atoms with E-state index in [2.05, 4.69) is 5.48 Å². The molecule has 1 heterocycles. The summed E-state index contributed by atoms with van der Waals surface area (Å²) in [5, 5.41) is 0. The normalized spacial score (nSPS) is 18.4. The van der Waals surface area contributed by atoms with Gasteiger partial charge >= 0.3 is 0 Å². The summed E-state index contributed by atoms with van der Waals surface area (Å²) in [5.74, 6) is -0.615. The molecule has 1 saturated heterocycles. The van der Waals surface area contributed by atoms with E-state index in [4.69, 9.17) is 4.84 Å². The Morgan fingerprint density at radius 3 is 2.75 bits per heavy atom. The Balaban J connectivity index is 2.03. The lowest BCUT2D eigenvalue weighted by Crippen LogP contribution is -2.33. The molecule has 1 N–H and O–H groups in total. The molecule has 0 aromatic heterocycles. The highest BCUT2D eigenvalue weighted by atomic mass is 32.2. The van der Waals surface area contributed by atoms with Gasteiger partial charge in [0.2, 0.25) is 11.8 Å². The first kappa shape index (κ1) is 14.9. The molecule has 0 radical (unpaired) electrons. The van der Waals surface area contributed by atoms with Crippen molar-refractivity contribution < 1.29 is 14.4 Å². The van der Waals surface area contributed by atoms with Gasteiger partial charge in [0.05, 0.1) is 12.5 Å². The zero-order valence-corrected chi connectivity index (χ0v) is 12.4. The maximum atomic E-state index is 12.0.